The zero-order chi connectivity index (χ0) is 16.8. The number of hydrogen-bond acceptors (Lipinski definition) is 4. The Morgan fingerprint density at radius 3 is 2.61 bits per heavy atom. The highest BCUT2D eigenvalue weighted by Gasteiger charge is 2.42. The molecule has 1 fully saturated rings. The van der Waals surface area contributed by atoms with Crippen LogP contribution in [-0.2, 0) is 5.41 Å². The second-order valence-corrected chi connectivity index (χ2v) is 8.21. The van der Waals surface area contributed by atoms with Crippen molar-refractivity contribution >= 4 is 21.4 Å². The van der Waals surface area contributed by atoms with Gasteiger partial charge in [0, 0.05) is 11.5 Å². The average Bonchev–Trinajstić information content (AvgIpc) is 2.95. The van der Waals surface area contributed by atoms with Gasteiger partial charge in [0.15, 0.2) is 0 Å². The Morgan fingerprint density at radius 2 is 2.00 bits per heavy atom. The largest absolute Gasteiger partial charge is 0.391 e. The molecule has 0 saturated heterocycles. The molecule has 2 aromatic rings. The van der Waals surface area contributed by atoms with Crippen LogP contribution in [0.5, 0.6) is 0 Å². The van der Waals surface area contributed by atoms with Crippen molar-refractivity contribution in [1.29, 1.82) is 0 Å². The maximum atomic E-state index is 12.9. The van der Waals surface area contributed by atoms with Gasteiger partial charge >= 0.3 is 6.18 Å². The second-order valence-electron chi connectivity index (χ2n) is 7.26. The van der Waals surface area contributed by atoms with E-state index in [9.17, 15) is 13.2 Å². The summed E-state index contributed by atoms with van der Waals surface area (Å²) in [6, 6.07) is -0.173. The Hall–Kier alpha value is -1.31. The van der Waals surface area contributed by atoms with Gasteiger partial charge in [-0.15, -0.1) is 5.10 Å². The van der Waals surface area contributed by atoms with Crippen LogP contribution in [0.1, 0.15) is 52.1 Å². The van der Waals surface area contributed by atoms with Gasteiger partial charge in [-0.25, -0.2) is 9.50 Å². The molecular weight excluding hydrogens is 325 g/mol. The third-order valence-electron chi connectivity index (χ3n) is 4.28. The van der Waals surface area contributed by atoms with Crippen LogP contribution in [-0.4, -0.2) is 26.8 Å². The van der Waals surface area contributed by atoms with Crippen LogP contribution in [0.25, 0.3) is 4.96 Å². The van der Waals surface area contributed by atoms with Crippen LogP contribution in [0.2, 0.25) is 0 Å². The number of halogens is 3. The zero-order valence-electron chi connectivity index (χ0n) is 13.4. The number of anilines is 1. The molecule has 3 rings (SSSR count). The van der Waals surface area contributed by atoms with Gasteiger partial charge in [0.05, 0.1) is 17.8 Å². The van der Waals surface area contributed by atoms with E-state index in [1.54, 1.807) is 4.52 Å². The van der Waals surface area contributed by atoms with Crippen LogP contribution in [0, 0.1) is 5.92 Å². The van der Waals surface area contributed by atoms with E-state index in [2.05, 4.69) is 36.2 Å². The lowest BCUT2D eigenvalue weighted by molar-refractivity contribution is -0.182. The van der Waals surface area contributed by atoms with Gasteiger partial charge in [0.2, 0.25) is 10.1 Å². The fourth-order valence-corrected chi connectivity index (χ4v) is 3.77. The molecule has 0 aliphatic heterocycles. The molecule has 2 aromatic heterocycles. The molecule has 0 unspecified atom stereocenters. The smallest absolute Gasteiger partial charge is 0.357 e. The van der Waals surface area contributed by atoms with Crippen molar-refractivity contribution in [2.24, 2.45) is 5.92 Å². The van der Waals surface area contributed by atoms with Gasteiger partial charge < -0.3 is 5.32 Å². The fourth-order valence-electron chi connectivity index (χ4n) is 2.91. The minimum absolute atomic E-state index is 0.0513. The summed E-state index contributed by atoms with van der Waals surface area (Å²) >= 11 is 1.38. The minimum atomic E-state index is -4.10. The molecule has 0 bridgehead atoms. The number of nitrogens with one attached hydrogen (secondary N) is 1. The average molecular weight is 346 g/mol. The molecule has 0 aromatic carbocycles. The van der Waals surface area contributed by atoms with E-state index in [4.69, 9.17) is 0 Å². The number of imidazole rings is 1. The quantitative estimate of drug-likeness (QED) is 0.863. The third-order valence-corrected chi connectivity index (χ3v) is 5.13. The fraction of sp³-hybridized carbons (Fsp3) is 0.733. The normalized spacial score (nSPS) is 23.4. The topological polar surface area (TPSA) is 42.2 Å². The summed E-state index contributed by atoms with van der Waals surface area (Å²) in [4.78, 5) is 5.32. The summed E-state index contributed by atoms with van der Waals surface area (Å²) in [6.07, 6.45) is -0.507. The Labute approximate surface area is 137 Å². The second kappa shape index (κ2) is 5.65. The number of nitrogens with zero attached hydrogens (tertiary/aromatic N) is 3. The standard InChI is InChI=1S/C15H21F3N4S/c1-14(2,3)11-8-22-13(20-11)23-12(21-22)19-10-6-4-5-9(7-10)15(16,17)18/h8-10H,4-7H2,1-3H3,(H,19,21)/t9-,10+/m0/s1. The first-order valence-corrected chi connectivity index (χ1v) is 8.64. The van der Waals surface area contributed by atoms with Crippen LogP contribution in [0.4, 0.5) is 18.3 Å². The van der Waals surface area contributed by atoms with Crippen LogP contribution in [0.3, 0.4) is 0 Å². The van der Waals surface area contributed by atoms with E-state index >= 15 is 0 Å². The van der Waals surface area contributed by atoms with Gasteiger partial charge in [-0.1, -0.05) is 38.5 Å². The molecule has 0 radical (unpaired) electrons. The Balaban J connectivity index is 1.70. The molecule has 1 saturated carbocycles. The highest BCUT2D eigenvalue weighted by Crippen LogP contribution is 2.38. The highest BCUT2D eigenvalue weighted by atomic mass is 32.1. The monoisotopic (exact) mass is 346 g/mol. The predicted molar refractivity (Wildman–Crippen MR) is 85.0 cm³/mol. The Bertz CT molecular complexity index is 651. The van der Waals surface area contributed by atoms with Gasteiger partial charge in [-0.3, -0.25) is 0 Å². The van der Waals surface area contributed by atoms with E-state index in [0.29, 0.717) is 11.6 Å². The van der Waals surface area contributed by atoms with Crippen LogP contribution >= 0.6 is 11.3 Å². The van der Waals surface area contributed by atoms with E-state index < -0.39 is 12.1 Å². The van der Waals surface area contributed by atoms with Gasteiger partial charge in [-0.05, 0) is 19.3 Å². The van der Waals surface area contributed by atoms with Crippen molar-refractivity contribution in [3.05, 3.63) is 11.9 Å². The molecule has 2 atom stereocenters. The molecule has 128 valence electrons. The van der Waals surface area contributed by atoms with Gasteiger partial charge in [0.25, 0.3) is 0 Å². The van der Waals surface area contributed by atoms with Gasteiger partial charge in [-0.2, -0.15) is 13.2 Å². The lowest BCUT2D eigenvalue weighted by Crippen LogP contribution is -2.34. The maximum absolute atomic E-state index is 12.9. The van der Waals surface area contributed by atoms with E-state index in [0.717, 1.165) is 17.1 Å². The first kappa shape index (κ1) is 16.5. The minimum Gasteiger partial charge on any atom is -0.357 e. The van der Waals surface area contributed by atoms with Crippen molar-refractivity contribution in [2.75, 3.05) is 5.32 Å². The zero-order valence-corrected chi connectivity index (χ0v) is 14.3. The third kappa shape index (κ3) is 3.62. The van der Waals surface area contributed by atoms with E-state index in [1.807, 2.05) is 6.20 Å². The highest BCUT2D eigenvalue weighted by molar-refractivity contribution is 7.20. The molecule has 8 heteroatoms. The predicted octanol–water partition coefficient (Wildman–Crippen LogP) is 4.62. The van der Waals surface area contributed by atoms with Crippen molar-refractivity contribution in [2.45, 2.75) is 64.1 Å². The summed E-state index contributed by atoms with van der Waals surface area (Å²) in [5, 5.41) is 8.21. The lowest BCUT2D eigenvalue weighted by Gasteiger charge is -2.30. The lowest BCUT2D eigenvalue weighted by atomic mass is 9.85. The SMILES string of the molecule is CC(C)(C)c1cn2nc(N[C@@H]3CCC[C@H](C(F)(F)F)C3)sc2n1. The van der Waals surface area contributed by atoms with Crippen molar-refractivity contribution < 1.29 is 13.2 Å². The number of fused-ring (bicyclic) bond motifs is 1. The molecule has 2 heterocycles. The van der Waals surface area contributed by atoms with Gasteiger partial charge in [0.1, 0.15) is 0 Å². The summed E-state index contributed by atoms with van der Waals surface area (Å²) in [5.74, 6) is -1.20. The van der Waals surface area contributed by atoms with Crippen molar-refractivity contribution in [1.82, 2.24) is 14.6 Å². The van der Waals surface area contributed by atoms with Crippen molar-refractivity contribution in [3.8, 4) is 0 Å². The molecule has 1 aliphatic carbocycles. The maximum Gasteiger partial charge on any atom is 0.391 e. The first-order chi connectivity index (χ1) is 10.6. The molecular formula is C15H21F3N4S. The summed E-state index contributed by atoms with van der Waals surface area (Å²) in [7, 11) is 0. The van der Waals surface area contributed by atoms with Crippen LogP contribution in [0.15, 0.2) is 6.20 Å². The number of aromatic nitrogens is 3. The van der Waals surface area contributed by atoms with E-state index in [-0.39, 0.29) is 24.3 Å². The summed E-state index contributed by atoms with van der Waals surface area (Å²) in [5.41, 5.74) is 0.905. The number of rotatable bonds is 2. The van der Waals surface area contributed by atoms with Crippen molar-refractivity contribution in [3.63, 3.8) is 0 Å². The number of hydrogen-bond donors (Lipinski definition) is 1. The Kier molecular flexibility index (Phi) is 4.06. The first-order valence-electron chi connectivity index (χ1n) is 7.83. The Morgan fingerprint density at radius 1 is 1.26 bits per heavy atom. The number of alkyl halides is 3. The molecule has 4 nitrogen and oxygen atoms in total. The molecule has 1 aliphatic rings. The van der Waals surface area contributed by atoms with Crippen LogP contribution < -0.4 is 5.32 Å². The molecule has 0 spiro atoms. The molecule has 1 N–H and O–H groups in total. The molecule has 23 heavy (non-hydrogen) atoms. The summed E-state index contributed by atoms with van der Waals surface area (Å²) in [6.45, 7) is 6.24. The van der Waals surface area contributed by atoms with E-state index in [1.165, 1.54) is 11.3 Å². The summed E-state index contributed by atoms with van der Waals surface area (Å²) < 4.78 is 40.3. The molecule has 0 amide bonds.